The summed E-state index contributed by atoms with van der Waals surface area (Å²) < 4.78 is 2.09. The fourth-order valence-electron chi connectivity index (χ4n) is 2.17. The third-order valence-corrected chi connectivity index (χ3v) is 4.87. The van der Waals surface area contributed by atoms with Crippen molar-refractivity contribution < 1.29 is 0 Å². The number of aromatic nitrogens is 4. The molecule has 2 heterocycles. The first-order chi connectivity index (χ1) is 11.2. The molecule has 0 aliphatic rings. The Morgan fingerprint density at radius 1 is 1.04 bits per heavy atom. The SMILES string of the molecule is CCn1c(SCc2ccc(Cl)nc2Cl)nnc1-c1ccccc1. The summed E-state index contributed by atoms with van der Waals surface area (Å²) in [5, 5.41) is 10.3. The Labute approximate surface area is 148 Å². The van der Waals surface area contributed by atoms with Crippen LogP contribution >= 0.6 is 35.0 Å². The second-order valence-corrected chi connectivity index (χ2v) is 6.48. The van der Waals surface area contributed by atoms with Crippen LogP contribution in [0.25, 0.3) is 11.4 Å². The summed E-state index contributed by atoms with van der Waals surface area (Å²) in [6, 6.07) is 13.7. The molecule has 0 saturated heterocycles. The topological polar surface area (TPSA) is 43.6 Å². The van der Waals surface area contributed by atoms with Crippen LogP contribution in [0.2, 0.25) is 10.3 Å². The maximum atomic E-state index is 6.12. The first-order valence-corrected chi connectivity index (χ1v) is 8.85. The van der Waals surface area contributed by atoms with E-state index in [9.17, 15) is 0 Å². The molecule has 2 aromatic heterocycles. The van der Waals surface area contributed by atoms with Crippen LogP contribution in [0.4, 0.5) is 0 Å². The molecule has 23 heavy (non-hydrogen) atoms. The zero-order valence-corrected chi connectivity index (χ0v) is 14.7. The van der Waals surface area contributed by atoms with Crippen molar-refractivity contribution in [1.29, 1.82) is 0 Å². The van der Waals surface area contributed by atoms with Gasteiger partial charge in [-0.1, -0.05) is 71.4 Å². The lowest BCUT2D eigenvalue weighted by Gasteiger charge is -2.08. The van der Waals surface area contributed by atoms with Crippen molar-refractivity contribution in [3.05, 3.63) is 58.3 Å². The van der Waals surface area contributed by atoms with Gasteiger partial charge in [0.1, 0.15) is 10.3 Å². The molecule has 0 fully saturated rings. The molecule has 0 N–H and O–H groups in total. The van der Waals surface area contributed by atoms with E-state index in [1.807, 2.05) is 36.4 Å². The highest BCUT2D eigenvalue weighted by atomic mass is 35.5. The Kier molecular flexibility index (Phi) is 5.20. The average Bonchev–Trinajstić information content (AvgIpc) is 2.98. The molecule has 0 bridgehead atoms. The van der Waals surface area contributed by atoms with Crippen molar-refractivity contribution >= 4 is 35.0 Å². The van der Waals surface area contributed by atoms with Crippen LogP contribution in [0, 0.1) is 0 Å². The summed E-state index contributed by atoms with van der Waals surface area (Å²) >= 11 is 13.5. The lowest BCUT2D eigenvalue weighted by molar-refractivity contribution is 0.687. The molecule has 0 spiro atoms. The molecule has 4 nitrogen and oxygen atoms in total. The fraction of sp³-hybridized carbons (Fsp3) is 0.188. The lowest BCUT2D eigenvalue weighted by Crippen LogP contribution is -2.00. The van der Waals surface area contributed by atoms with Crippen LogP contribution in [-0.4, -0.2) is 19.7 Å². The van der Waals surface area contributed by atoms with E-state index in [0.29, 0.717) is 16.1 Å². The van der Waals surface area contributed by atoms with E-state index in [1.165, 1.54) is 0 Å². The summed E-state index contributed by atoms with van der Waals surface area (Å²) in [6.45, 7) is 2.88. The van der Waals surface area contributed by atoms with E-state index in [2.05, 4.69) is 26.7 Å². The van der Waals surface area contributed by atoms with Gasteiger partial charge in [-0.25, -0.2) is 4.98 Å². The Balaban J connectivity index is 1.82. The van der Waals surface area contributed by atoms with Crippen molar-refractivity contribution in [1.82, 2.24) is 19.7 Å². The maximum absolute atomic E-state index is 6.12. The van der Waals surface area contributed by atoms with Gasteiger partial charge in [-0.05, 0) is 18.6 Å². The maximum Gasteiger partial charge on any atom is 0.191 e. The Bertz CT molecular complexity index is 805. The Morgan fingerprint density at radius 3 is 2.52 bits per heavy atom. The van der Waals surface area contributed by atoms with Crippen molar-refractivity contribution in [2.45, 2.75) is 24.4 Å². The van der Waals surface area contributed by atoms with Crippen LogP contribution in [0.1, 0.15) is 12.5 Å². The van der Waals surface area contributed by atoms with Crippen molar-refractivity contribution in [3.63, 3.8) is 0 Å². The van der Waals surface area contributed by atoms with E-state index in [1.54, 1.807) is 17.8 Å². The van der Waals surface area contributed by atoms with E-state index in [-0.39, 0.29) is 0 Å². The Morgan fingerprint density at radius 2 is 1.83 bits per heavy atom. The second kappa shape index (κ2) is 7.34. The van der Waals surface area contributed by atoms with Crippen molar-refractivity contribution in [2.75, 3.05) is 0 Å². The quantitative estimate of drug-likeness (QED) is 0.474. The molecule has 1 aromatic carbocycles. The van der Waals surface area contributed by atoms with E-state index in [0.717, 1.165) is 28.7 Å². The number of rotatable bonds is 5. The van der Waals surface area contributed by atoms with Crippen LogP contribution < -0.4 is 0 Å². The van der Waals surface area contributed by atoms with Gasteiger partial charge in [0.25, 0.3) is 0 Å². The van der Waals surface area contributed by atoms with Crippen LogP contribution in [0.15, 0.2) is 47.6 Å². The first-order valence-electron chi connectivity index (χ1n) is 7.11. The molecule has 3 rings (SSSR count). The van der Waals surface area contributed by atoms with Crippen LogP contribution in [0.5, 0.6) is 0 Å². The summed E-state index contributed by atoms with van der Waals surface area (Å²) in [4.78, 5) is 4.06. The monoisotopic (exact) mass is 364 g/mol. The number of nitrogens with zero attached hydrogens (tertiary/aromatic N) is 4. The molecule has 0 unspecified atom stereocenters. The van der Waals surface area contributed by atoms with Gasteiger partial charge in [0.15, 0.2) is 11.0 Å². The van der Waals surface area contributed by atoms with Gasteiger partial charge in [-0.3, -0.25) is 0 Å². The number of thioether (sulfide) groups is 1. The summed E-state index contributed by atoms with van der Waals surface area (Å²) in [6.07, 6.45) is 0. The first kappa shape index (κ1) is 16.3. The molecule has 7 heteroatoms. The van der Waals surface area contributed by atoms with Crippen molar-refractivity contribution in [3.8, 4) is 11.4 Å². The van der Waals surface area contributed by atoms with Crippen LogP contribution in [0.3, 0.4) is 0 Å². The standard InChI is InChI=1S/C16H14Cl2N4S/c1-2-22-15(11-6-4-3-5-7-11)20-21-16(22)23-10-12-8-9-13(17)19-14(12)18/h3-9H,2,10H2,1H3. The zero-order valence-electron chi connectivity index (χ0n) is 12.4. The largest absolute Gasteiger partial charge is 0.302 e. The number of halogens is 2. The predicted octanol–water partition coefficient (Wildman–Crippen LogP) is 4.96. The molecule has 118 valence electrons. The molecular formula is C16H14Cl2N4S. The molecule has 0 amide bonds. The number of pyridine rings is 1. The van der Waals surface area contributed by atoms with Gasteiger partial charge in [0.05, 0.1) is 0 Å². The summed E-state index contributed by atoms with van der Waals surface area (Å²) in [5.41, 5.74) is 1.98. The number of hydrogen-bond acceptors (Lipinski definition) is 4. The molecule has 0 atom stereocenters. The van der Waals surface area contributed by atoms with Gasteiger partial charge >= 0.3 is 0 Å². The fourth-order valence-corrected chi connectivity index (χ4v) is 3.65. The molecule has 0 aliphatic heterocycles. The summed E-state index contributed by atoms with van der Waals surface area (Å²) in [7, 11) is 0. The van der Waals surface area contributed by atoms with Gasteiger partial charge in [-0.2, -0.15) is 0 Å². The zero-order chi connectivity index (χ0) is 16.2. The highest BCUT2D eigenvalue weighted by Crippen LogP contribution is 2.28. The lowest BCUT2D eigenvalue weighted by atomic mass is 10.2. The van der Waals surface area contributed by atoms with Gasteiger partial charge in [0.2, 0.25) is 0 Å². The van der Waals surface area contributed by atoms with Crippen LogP contribution in [-0.2, 0) is 12.3 Å². The highest BCUT2D eigenvalue weighted by Gasteiger charge is 2.13. The molecular weight excluding hydrogens is 351 g/mol. The molecule has 0 aliphatic carbocycles. The average molecular weight is 365 g/mol. The van der Waals surface area contributed by atoms with Gasteiger partial charge < -0.3 is 4.57 Å². The van der Waals surface area contributed by atoms with E-state index in [4.69, 9.17) is 23.2 Å². The third-order valence-electron chi connectivity index (χ3n) is 3.31. The van der Waals surface area contributed by atoms with E-state index < -0.39 is 0 Å². The second-order valence-electron chi connectivity index (χ2n) is 4.79. The normalized spacial score (nSPS) is 10.9. The minimum absolute atomic E-state index is 0.395. The molecule has 0 saturated carbocycles. The highest BCUT2D eigenvalue weighted by molar-refractivity contribution is 7.98. The number of hydrogen-bond donors (Lipinski definition) is 0. The minimum atomic E-state index is 0.395. The third kappa shape index (κ3) is 3.68. The number of benzene rings is 1. The Hall–Kier alpha value is -1.56. The summed E-state index contributed by atoms with van der Waals surface area (Å²) in [5.74, 6) is 1.53. The molecule has 3 aromatic rings. The predicted molar refractivity (Wildman–Crippen MR) is 95.0 cm³/mol. The van der Waals surface area contributed by atoms with E-state index >= 15 is 0 Å². The van der Waals surface area contributed by atoms with Crippen molar-refractivity contribution in [2.24, 2.45) is 0 Å². The minimum Gasteiger partial charge on any atom is -0.302 e. The van der Waals surface area contributed by atoms with Gasteiger partial charge in [0, 0.05) is 17.9 Å². The van der Waals surface area contributed by atoms with Gasteiger partial charge in [-0.15, -0.1) is 10.2 Å². The molecule has 0 radical (unpaired) electrons. The smallest absolute Gasteiger partial charge is 0.191 e.